The maximum atomic E-state index is 11.9. The summed E-state index contributed by atoms with van der Waals surface area (Å²) >= 11 is 0. The molecule has 30 heavy (non-hydrogen) atoms. The van der Waals surface area contributed by atoms with E-state index in [0.717, 1.165) is 50.2 Å². The van der Waals surface area contributed by atoms with Gasteiger partial charge in [0.05, 0.1) is 18.1 Å². The minimum atomic E-state index is -0.405. The molecule has 0 spiro atoms. The van der Waals surface area contributed by atoms with Gasteiger partial charge in [-0.2, -0.15) is 0 Å². The number of guanidine groups is 1. The van der Waals surface area contributed by atoms with Crippen LogP contribution in [0.5, 0.6) is 0 Å². The molecule has 0 radical (unpaired) electrons. The maximum absolute atomic E-state index is 11.9. The van der Waals surface area contributed by atoms with Crippen LogP contribution in [0.15, 0.2) is 29.3 Å². The molecule has 0 bridgehead atoms. The number of non-ortho nitro benzene ring substituents is 1. The van der Waals surface area contributed by atoms with Crippen LogP contribution in [0.25, 0.3) is 0 Å². The lowest BCUT2D eigenvalue weighted by molar-refractivity contribution is -0.384. The average molecular weight is 420 g/mol. The Bertz CT molecular complexity index is 700. The summed E-state index contributed by atoms with van der Waals surface area (Å²) in [6.45, 7) is 6.94. The number of piperidine rings is 1. The van der Waals surface area contributed by atoms with Crippen LogP contribution in [0.3, 0.4) is 0 Å². The number of nitrogens with one attached hydrogen (secondary N) is 2. The fourth-order valence-electron chi connectivity index (χ4n) is 3.24. The van der Waals surface area contributed by atoms with Gasteiger partial charge in [0, 0.05) is 37.8 Å². The largest absolute Gasteiger partial charge is 0.450 e. The number of aliphatic imine (C=N–C) groups is 1. The molecule has 0 saturated carbocycles. The predicted molar refractivity (Wildman–Crippen MR) is 117 cm³/mol. The van der Waals surface area contributed by atoms with Crippen LogP contribution in [0.1, 0.15) is 51.5 Å². The summed E-state index contributed by atoms with van der Waals surface area (Å²) in [4.78, 5) is 28.7. The average Bonchev–Trinajstić information content (AvgIpc) is 2.75. The molecular formula is C21H33N5O4. The third-order valence-electron chi connectivity index (χ3n) is 5.00. The first kappa shape index (κ1) is 23.4. The Kier molecular flexibility index (Phi) is 9.90. The SMILES string of the molecule is CCCCCNC(=NCc1ccc([N+](=O)[O-])cc1)NC1CCN(C(=O)OCC)CC1. The van der Waals surface area contributed by atoms with Gasteiger partial charge in [-0.05, 0) is 31.7 Å². The lowest BCUT2D eigenvalue weighted by Gasteiger charge is -2.32. The van der Waals surface area contributed by atoms with Crippen LogP contribution in [0, 0.1) is 10.1 Å². The molecule has 1 fully saturated rings. The number of nitrogens with zero attached hydrogens (tertiary/aromatic N) is 3. The van der Waals surface area contributed by atoms with E-state index in [1.807, 2.05) is 6.92 Å². The molecule has 0 atom stereocenters. The van der Waals surface area contributed by atoms with Gasteiger partial charge >= 0.3 is 6.09 Å². The number of carbonyl (C=O) groups excluding carboxylic acids is 1. The number of unbranched alkanes of at least 4 members (excludes halogenated alkanes) is 2. The highest BCUT2D eigenvalue weighted by Crippen LogP contribution is 2.13. The molecule has 0 unspecified atom stereocenters. The second kappa shape index (κ2) is 12.7. The molecule has 9 heteroatoms. The molecular weight excluding hydrogens is 386 g/mol. The number of benzene rings is 1. The van der Waals surface area contributed by atoms with E-state index in [-0.39, 0.29) is 17.8 Å². The van der Waals surface area contributed by atoms with Crippen LogP contribution in [0.2, 0.25) is 0 Å². The zero-order valence-electron chi connectivity index (χ0n) is 17.9. The smallest absolute Gasteiger partial charge is 0.409 e. The molecule has 1 aliphatic rings. The number of likely N-dealkylation sites (tertiary alicyclic amines) is 1. The molecule has 1 aromatic carbocycles. The Morgan fingerprint density at radius 3 is 2.53 bits per heavy atom. The van der Waals surface area contributed by atoms with Gasteiger partial charge in [0.15, 0.2) is 5.96 Å². The third kappa shape index (κ3) is 7.88. The fraction of sp³-hybridized carbons (Fsp3) is 0.619. The summed E-state index contributed by atoms with van der Waals surface area (Å²) in [6.07, 6.45) is 4.77. The third-order valence-corrected chi connectivity index (χ3v) is 5.00. The lowest BCUT2D eigenvalue weighted by atomic mass is 10.1. The van der Waals surface area contributed by atoms with Gasteiger partial charge in [-0.3, -0.25) is 10.1 Å². The van der Waals surface area contributed by atoms with Crippen molar-refractivity contribution < 1.29 is 14.5 Å². The van der Waals surface area contributed by atoms with Gasteiger partial charge in [-0.1, -0.05) is 31.9 Å². The highest BCUT2D eigenvalue weighted by molar-refractivity contribution is 5.80. The first-order valence-corrected chi connectivity index (χ1v) is 10.7. The van der Waals surface area contributed by atoms with E-state index in [0.29, 0.717) is 26.2 Å². The summed E-state index contributed by atoms with van der Waals surface area (Å²) in [7, 11) is 0. The molecule has 1 heterocycles. The summed E-state index contributed by atoms with van der Waals surface area (Å²) in [5.41, 5.74) is 0.986. The molecule has 166 valence electrons. The molecule has 0 aliphatic carbocycles. The van der Waals surface area contributed by atoms with E-state index < -0.39 is 4.92 Å². The van der Waals surface area contributed by atoms with E-state index in [9.17, 15) is 14.9 Å². The molecule has 2 rings (SSSR count). The van der Waals surface area contributed by atoms with E-state index >= 15 is 0 Å². The van der Waals surface area contributed by atoms with Crippen molar-refractivity contribution in [3.8, 4) is 0 Å². The molecule has 1 aliphatic heterocycles. The van der Waals surface area contributed by atoms with Crippen LogP contribution in [-0.2, 0) is 11.3 Å². The van der Waals surface area contributed by atoms with Crippen LogP contribution < -0.4 is 10.6 Å². The summed E-state index contributed by atoms with van der Waals surface area (Å²) in [5, 5.41) is 17.7. The molecule has 1 saturated heterocycles. The summed E-state index contributed by atoms with van der Waals surface area (Å²) in [5.74, 6) is 0.735. The zero-order chi connectivity index (χ0) is 21.8. The van der Waals surface area contributed by atoms with Crippen molar-refractivity contribution in [2.75, 3.05) is 26.2 Å². The molecule has 1 aromatic rings. The summed E-state index contributed by atoms with van der Waals surface area (Å²) < 4.78 is 5.07. The zero-order valence-corrected chi connectivity index (χ0v) is 17.9. The van der Waals surface area contributed by atoms with Gasteiger partial charge < -0.3 is 20.3 Å². The predicted octanol–water partition coefficient (Wildman–Crippen LogP) is 3.44. The number of nitro groups is 1. The first-order valence-electron chi connectivity index (χ1n) is 10.7. The Hall–Kier alpha value is -2.84. The van der Waals surface area contributed by atoms with Gasteiger partial charge in [-0.25, -0.2) is 9.79 Å². The Balaban J connectivity index is 1.92. The van der Waals surface area contributed by atoms with Crippen molar-refractivity contribution in [1.82, 2.24) is 15.5 Å². The number of ether oxygens (including phenoxy) is 1. The van der Waals surface area contributed by atoms with Crippen molar-refractivity contribution >= 4 is 17.7 Å². The minimum absolute atomic E-state index is 0.0760. The van der Waals surface area contributed by atoms with Crippen molar-refractivity contribution in [2.24, 2.45) is 4.99 Å². The monoisotopic (exact) mass is 419 g/mol. The normalized spacial score (nSPS) is 15.0. The number of rotatable bonds is 9. The van der Waals surface area contributed by atoms with Crippen molar-refractivity contribution in [3.05, 3.63) is 39.9 Å². The van der Waals surface area contributed by atoms with Crippen molar-refractivity contribution in [3.63, 3.8) is 0 Å². The number of hydrogen-bond donors (Lipinski definition) is 2. The quantitative estimate of drug-likeness (QED) is 0.209. The van der Waals surface area contributed by atoms with Gasteiger partial charge in [-0.15, -0.1) is 0 Å². The molecule has 0 aromatic heterocycles. The van der Waals surface area contributed by atoms with Crippen molar-refractivity contribution in [1.29, 1.82) is 0 Å². The van der Waals surface area contributed by atoms with E-state index in [1.54, 1.807) is 17.0 Å². The first-order chi connectivity index (χ1) is 14.5. The van der Waals surface area contributed by atoms with E-state index in [1.165, 1.54) is 12.1 Å². The number of nitro benzene ring substituents is 1. The number of amides is 1. The van der Waals surface area contributed by atoms with Gasteiger partial charge in [0.2, 0.25) is 0 Å². The molecule has 1 amide bonds. The van der Waals surface area contributed by atoms with Gasteiger partial charge in [0.25, 0.3) is 5.69 Å². The van der Waals surface area contributed by atoms with Crippen molar-refractivity contribution in [2.45, 2.75) is 58.5 Å². The Morgan fingerprint density at radius 2 is 1.93 bits per heavy atom. The second-order valence-electron chi connectivity index (χ2n) is 7.33. The molecule has 2 N–H and O–H groups in total. The Morgan fingerprint density at radius 1 is 1.23 bits per heavy atom. The number of hydrogen-bond acceptors (Lipinski definition) is 5. The van der Waals surface area contributed by atoms with Gasteiger partial charge in [0.1, 0.15) is 0 Å². The highest BCUT2D eigenvalue weighted by atomic mass is 16.6. The second-order valence-corrected chi connectivity index (χ2v) is 7.33. The van der Waals surface area contributed by atoms with Crippen LogP contribution in [-0.4, -0.2) is 54.2 Å². The lowest BCUT2D eigenvalue weighted by Crippen LogP contribution is -2.50. The highest BCUT2D eigenvalue weighted by Gasteiger charge is 2.24. The number of carbonyl (C=O) groups is 1. The molecule has 9 nitrogen and oxygen atoms in total. The van der Waals surface area contributed by atoms with Crippen LogP contribution >= 0.6 is 0 Å². The Labute approximate surface area is 178 Å². The minimum Gasteiger partial charge on any atom is -0.450 e. The topological polar surface area (TPSA) is 109 Å². The van der Waals surface area contributed by atoms with E-state index in [2.05, 4.69) is 22.5 Å². The standard InChI is InChI=1S/C21H33N5O4/c1-3-5-6-13-22-20(23-16-17-7-9-19(10-8-17)26(28)29)24-18-11-14-25(15-12-18)21(27)30-4-2/h7-10,18H,3-6,11-16H2,1-2H3,(H2,22,23,24). The van der Waals surface area contributed by atoms with E-state index in [4.69, 9.17) is 4.74 Å². The fourth-order valence-corrected chi connectivity index (χ4v) is 3.24. The van der Waals surface area contributed by atoms with Crippen LogP contribution in [0.4, 0.5) is 10.5 Å². The maximum Gasteiger partial charge on any atom is 0.409 e. The summed E-state index contributed by atoms with van der Waals surface area (Å²) in [6, 6.07) is 6.68.